The molecule has 2 aromatic rings. The van der Waals surface area contributed by atoms with Gasteiger partial charge in [-0.1, -0.05) is 18.2 Å². The van der Waals surface area contributed by atoms with E-state index < -0.39 is 11.7 Å². The number of nitrogens with zero attached hydrogens (tertiary/aromatic N) is 1. The van der Waals surface area contributed by atoms with Crippen molar-refractivity contribution in [3.05, 3.63) is 60.2 Å². The average molecular weight is 265 g/mol. The molecule has 19 heavy (non-hydrogen) atoms. The van der Waals surface area contributed by atoms with Crippen LogP contribution in [0.4, 0.5) is 24.5 Å². The van der Waals surface area contributed by atoms with Crippen LogP contribution >= 0.6 is 0 Å². The number of carbonyl (C=O) groups is 1. The molecule has 0 aromatic heterocycles. The van der Waals surface area contributed by atoms with Crippen molar-refractivity contribution in [2.24, 2.45) is 0 Å². The molecule has 0 heterocycles. The Morgan fingerprint density at radius 1 is 0.842 bits per heavy atom. The standard InChI is InChI=1S/C14H10F3NO/c15-14(16,17)11-6-8-13(9-7-11)18(10-19)12-4-2-1-3-5-12/h1-10H. The van der Waals surface area contributed by atoms with E-state index in [0.717, 1.165) is 12.1 Å². The van der Waals surface area contributed by atoms with E-state index in [1.54, 1.807) is 30.3 Å². The van der Waals surface area contributed by atoms with Crippen LogP contribution in [-0.2, 0) is 11.0 Å². The fourth-order valence-electron chi connectivity index (χ4n) is 1.67. The Kier molecular flexibility index (Phi) is 3.55. The first-order chi connectivity index (χ1) is 9.02. The van der Waals surface area contributed by atoms with Gasteiger partial charge in [-0.2, -0.15) is 13.2 Å². The summed E-state index contributed by atoms with van der Waals surface area (Å²) in [5.74, 6) is 0. The van der Waals surface area contributed by atoms with Gasteiger partial charge in [0.05, 0.1) is 5.56 Å². The Hall–Kier alpha value is -2.30. The Morgan fingerprint density at radius 3 is 1.84 bits per heavy atom. The molecule has 98 valence electrons. The molecular weight excluding hydrogens is 255 g/mol. The maximum Gasteiger partial charge on any atom is 0.416 e. The zero-order valence-electron chi connectivity index (χ0n) is 9.76. The summed E-state index contributed by atoms with van der Waals surface area (Å²) in [4.78, 5) is 12.4. The Bertz CT molecular complexity index is 549. The molecule has 2 nitrogen and oxygen atoms in total. The molecule has 5 heteroatoms. The van der Waals surface area contributed by atoms with E-state index in [-0.39, 0.29) is 0 Å². The lowest BCUT2D eigenvalue weighted by Gasteiger charge is -2.18. The molecule has 1 amide bonds. The van der Waals surface area contributed by atoms with Crippen LogP contribution in [0.5, 0.6) is 0 Å². The lowest BCUT2D eigenvalue weighted by Crippen LogP contribution is -2.14. The van der Waals surface area contributed by atoms with Crippen LogP contribution in [0.15, 0.2) is 54.6 Å². The average Bonchev–Trinajstić information content (AvgIpc) is 2.40. The predicted molar refractivity (Wildman–Crippen MR) is 66.1 cm³/mol. The summed E-state index contributed by atoms with van der Waals surface area (Å²) in [6, 6.07) is 13.1. The molecule has 2 rings (SSSR count). The van der Waals surface area contributed by atoms with Gasteiger partial charge in [0.15, 0.2) is 0 Å². The van der Waals surface area contributed by atoms with Gasteiger partial charge in [-0.3, -0.25) is 9.69 Å². The van der Waals surface area contributed by atoms with Gasteiger partial charge in [0.25, 0.3) is 0 Å². The number of para-hydroxylation sites is 1. The highest BCUT2D eigenvalue weighted by atomic mass is 19.4. The Balaban J connectivity index is 2.33. The first-order valence-corrected chi connectivity index (χ1v) is 5.49. The number of anilines is 2. The number of hydrogen-bond donors (Lipinski definition) is 0. The summed E-state index contributed by atoms with van der Waals surface area (Å²) >= 11 is 0. The lowest BCUT2D eigenvalue weighted by molar-refractivity contribution is -0.137. The molecule has 0 bridgehead atoms. The fraction of sp³-hybridized carbons (Fsp3) is 0.0714. The van der Waals surface area contributed by atoms with Crippen LogP contribution in [0.2, 0.25) is 0 Å². The van der Waals surface area contributed by atoms with Crippen molar-refractivity contribution in [3.8, 4) is 0 Å². The zero-order valence-corrected chi connectivity index (χ0v) is 9.76. The number of halogens is 3. The van der Waals surface area contributed by atoms with Gasteiger partial charge in [-0.15, -0.1) is 0 Å². The molecule has 0 aliphatic heterocycles. The van der Waals surface area contributed by atoms with Gasteiger partial charge in [-0.05, 0) is 36.4 Å². The van der Waals surface area contributed by atoms with Gasteiger partial charge in [0.1, 0.15) is 0 Å². The predicted octanol–water partition coefficient (Wildman–Crippen LogP) is 4.00. The van der Waals surface area contributed by atoms with E-state index in [1.165, 1.54) is 17.0 Å². The fourth-order valence-corrected chi connectivity index (χ4v) is 1.67. The molecule has 0 aliphatic carbocycles. The van der Waals surface area contributed by atoms with Crippen LogP contribution in [0.1, 0.15) is 5.56 Å². The first-order valence-electron chi connectivity index (χ1n) is 5.49. The molecule has 0 fully saturated rings. The van der Waals surface area contributed by atoms with Gasteiger partial charge in [0, 0.05) is 11.4 Å². The third-order valence-corrected chi connectivity index (χ3v) is 2.61. The van der Waals surface area contributed by atoms with Crippen molar-refractivity contribution in [2.75, 3.05) is 4.90 Å². The highest BCUT2D eigenvalue weighted by molar-refractivity contribution is 5.86. The monoisotopic (exact) mass is 265 g/mol. The third kappa shape index (κ3) is 2.93. The minimum atomic E-state index is -4.38. The van der Waals surface area contributed by atoms with Crippen molar-refractivity contribution in [1.29, 1.82) is 0 Å². The summed E-state index contributed by atoms with van der Waals surface area (Å²) in [5, 5.41) is 0. The summed E-state index contributed by atoms with van der Waals surface area (Å²) in [7, 11) is 0. The maximum atomic E-state index is 12.4. The molecule has 0 atom stereocenters. The van der Waals surface area contributed by atoms with Crippen molar-refractivity contribution >= 4 is 17.8 Å². The highest BCUT2D eigenvalue weighted by Crippen LogP contribution is 2.31. The van der Waals surface area contributed by atoms with Crippen LogP contribution in [-0.4, -0.2) is 6.41 Å². The molecule has 2 aromatic carbocycles. The van der Waals surface area contributed by atoms with Crippen molar-refractivity contribution in [2.45, 2.75) is 6.18 Å². The number of alkyl halides is 3. The molecule has 0 N–H and O–H groups in total. The van der Waals surface area contributed by atoms with E-state index in [1.807, 2.05) is 0 Å². The number of rotatable bonds is 3. The smallest absolute Gasteiger partial charge is 0.284 e. The van der Waals surface area contributed by atoms with E-state index >= 15 is 0 Å². The van der Waals surface area contributed by atoms with Gasteiger partial charge < -0.3 is 0 Å². The second-order valence-corrected chi connectivity index (χ2v) is 3.86. The highest BCUT2D eigenvalue weighted by Gasteiger charge is 2.30. The quantitative estimate of drug-likeness (QED) is 0.768. The van der Waals surface area contributed by atoms with Crippen LogP contribution in [0.25, 0.3) is 0 Å². The molecular formula is C14H10F3NO. The van der Waals surface area contributed by atoms with Crippen molar-refractivity contribution in [3.63, 3.8) is 0 Å². The molecule has 0 radical (unpaired) electrons. The third-order valence-electron chi connectivity index (χ3n) is 2.61. The number of hydrogen-bond acceptors (Lipinski definition) is 1. The topological polar surface area (TPSA) is 20.3 Å². The Labute approximate surface area is 108 Å². The second kappa shape index (κ2) is 5.14. The number of carbonyl (C=O) groups excluding carboxylic acids is 1. The second-order valence-electron chi connectivity index (χ2n) is 3.86. The Morgan fingerprint density at radius 2 is 1.37 bits per heavy atom. The maximum absolute atomic E-state index is 12.4. The van der Waals surface area contributed by atoms with Gasteiger partial charge in [-0.25, -0.2) is 0 Å². The zero-order chi connectivity index (χ0) is 13.9. The van der Waals surface area contributed by atoms with E-state index in [2.05, 4.69) is 0 Å². The summed E-state index contributed by atoms with van der Waals surface area (Å²) in [5.41, 5.74) is 0.238. The molecule has 0 saturated heterocycles. The molecule has 0 spiro atoms. The van der Waals surface area contributed by atoms with Gasteiger partial charge >= 0.3 is 6.18 Å². The largest absolute Gasteiger partial charge is 0.416 e. The lowest BCUT2D eigenvalue weighted by atomic mass is 10.2. The van der Waals surface area contributed by atoms with Crippen LogP contribution in [0, 0.1) is 0 Å². The molecule has 0 aliphatic rings. The minimum absolute atomic E-state index is 0.384. The molecule has 0 unspecified atom stereocenters. The summed E-state index contributed by atoms with van der Waals surface area (Å²) < 4.78 is 37.3. The van der Waals surface area contributed by atoms with E-state index in [0.29, 0.717) is 17.8 Å². The SMILES string of the molecule is O=CN(c1ccccc1)c1ccc(C(F)(F)F)cc1. The number of benzene rings is 2. The van der Waals surface area contributed by atoms with Crippen LogP contribution < -0.4 is 4.90 Å². The number of amides is 1. The summed E-state index contributed by atoms with van der Waals surface area (Å²) in [6.45, 7) is 0. The normalized spacial score (nSPS) is 11.1. The first kappa shape index (κ1) is 13.1. The summed E-state index contributed by atoms with van der Waals surface area (Å²) in [6.07, 6.45) is -3.81. The molecule has 0 saturated carbocycles. The van der Waals surface area contributed by atoms with Crippen molar-refractivity contribution in [1.82, 2.24) is 0 Å². The van der Waals surface area contributed by atoms with Gasteiger partial charge in [0.2, 0.25) is 6.41 Å². The van der Waals surface area contributed by atoms with Crippen LogP contribution in [0.3, 0.4) is 0 Å². The van der Waals surface area contributed by atoms with E-state index in [4.69, 9.17) is 0 Å². The van der Waals surface area contributed by atoms with Crippen molar-refractivity contribution < 1.29 is 18.0 Å². The minimum Gasteiger partial charge on any atom is -0.284 e. The van der Waals surface area contributed by atoms with E-state index in [9.17, 15) is 18.0 Å².